The molecule has 0 aliphatic heterocycles. The smallest absolute Gasteiger partial charge is 0.224 e. The lowest BCUT2D eigenvalue weighted by Crippen LogP contribution is -2.24. The number of hydrogen-bond acceptors (Lipinski definition) is 1. The summed E-state index contributed by atoms with van der Waals surface area (Å²) in [5.74, 6) is -0.274. The first kappa shape index (κ1) is 14.7. The molecule has 1 amide bonds. The highest BCUT2D eigenvalue weighted by atomic mass is 79.9. The summed E-state index contributed by atoms with van der Waals surface area (Å²) >= 11 is 3.35. The van der Waals surface area contributed by atoms with Crippen LogP contribution < -0.4 is 5.32 Å². The van der Waals surface area contributed by atoms with Crippen molar-refractivity contribution in [1.29, 1.82) is 0 Å². The Morgan fingerprint density at radius 2 is 1.80 bits per heavy atom. The molecule has 1 N–H and O–H groups in total. The number of amides is 1. The Morgan fingerprint density at radius 3 is 2.45 bits per heavy atom. The molecule has 0 aliphatic rings. The molecule has 0 heterocycles. The highest BCUT2D eigenvalue weighted by molar-refractivity contribution is 9.10. The predicted octanol–water partition coefficient (Wildman–Crippen LogP) is 3.76. The Balaban J connectivity index is 1.88. The van der Waals surface area contributed by atoms with Crippen molar-refractivity contribution in [2.75, 3.05) is 0 Å². The maximum absolute atomic E-state index is 13.1. The first-order chi connectivity index (χ1) is 9.54. The van der Waals surface area contributed by atoms with Gasteiger partial charge in [-0.2, -0.15) is 0 Å². The number of carbonyl (C=O) groups is 1. The van der Waals surface area contributed by atoms with Gasteiger partial charge in [0.1, 0.15) is 5.82 Å². The summed E-state index contributed by atoms with van der Waals surface area (Å²) < 4.78 is 14.1. The zero-order valence-electron chi connectivity index (χ0n) is 11.1. The second-order valence-corrected chi connectivity index (χ2v) is 5.58. The lowest BCUT2D eigenvalue weighted by molar-refractivity contribution is -0.120. The van der Waals surface area contributed by atoms with Crippen LogP contribution in [-0.4, -0.2) is 5.91 Å². The minimum absolute atomic E-state index is 0.0469. The Labute approximate surface area is 126 Å². The predicted molar refractivity (Wildman–Crippen MR) is 80.8 cm³/mol. The molecule has 0 fully saturated rings. The molecule has 0 bridgehead atoms. The van der Waals surface area contributed by atoms with E-state index in [-0.39, 0.29) is 11.7 Å². The van der Waals surface area contributed by atoms with Gasteiger partial charge < -0.3 is 5.32 Å². The number of rotatable bonds is 4. The topological polar surface area (TPSA) is 29.1 Å². The number of carbonyl (C=O) groups excluding carboxylic acids is 1. The zero-order valence-corrected chi connectivity index (χ0v) is 12.7. The molecule has 0 aliphatic carbocycles. The summed E-state index contributed by atoms with van der Waals surface area (Å²) in [6.45, 7) is 2.12. The van der Waals surface area contributed by atoms with E-state index in [9.17, 15) is 9.18 Å². The highest BCUT2D eigenvalue weighted by Crippen LogP contribution is 2.11. The summed E-state index contributed by atoms with van der Waals surface area (Å²) in [4.78, 5) is 11.8. The van der Waals surface area contributed by atoms with Crippen LogP contribution in [0.15, 0.2) is 46.9 Å². The van der Waals surface area contributed by atoms with Gasteiger partial charge in [-0.3, -0.25) is 4.79 Å². The van der Waals surface area contributed by atoms with Gasteiger partial charge in [0.2, 0.25) is 5.91 Å². The standard InChI is InChI=1S/C16H15BrFNO/c1-11-8-13(4-7-15(11)18)10-19-16(20)9-12-2-5-14(17)6-3-12/h2-8H,9-10H2,1H3,(H,19,20). The van der Waals surface area contributed by atoms with Crippen molar-refractivity contribution in [2.45, 2.75) is 19.9 Å². The number of benzene rings is 2. The van der Waals surface area contributed by atoms with Crippen LogP contribution in [0.3, 0.4) is 0 Å². The van der Waals surface area contributed by atoms with Crippen LogP contribution in [0.4, 0.5) is 4.39 Å². The van der Waals surface area contributed by atoms with E-state index < -0.39 is 0 Å². The molecule has 0 saturated heterocycles. The van der Waals surface area contributed by atoms with Crippen LogP contribution in [0, 0.1) is 12.7 Å². The van der Waals surface area contributed by atoms with Gasteiger partial charge in [0.25, 0.3) is 0 Å². The molecule has 0 spiro atoms. The molecule has 0 saturated carbocycles. The highest BCUT2D eigenvalue weighted by Gasteiger charge is 2.04. The van der Waals surface area contributed by atoms with Crippen molar-refractivity contribution in [3.05, 3.63) is 69.4 Å². The zero-order chi connectivity index (χ0) is 14.5. The molecule has 4 heteroatoms. The fraction of sp³-hybridized carbons (Fsp3) is 0.188. The summed E-state index contributed by atoms with van der Waals surface area (Å²) in [7, 11) is 0. The van der Waals surface area contributed by atoms with Gasteiger partial charge in [-0.1, -0.05) is 40.2 Å². The molecule has 0 atom stereocenters. The van der Waals surface area contributed by atoms with Crippen LogP contribution in [0.25, 0.3) is 0 Å². The van der Waals surface area contributed by atoms with Crippen molar-refractivity contribution in [1.82, 2.24) is 5.32 Å². The molecule has 104 valence electrons. The third-order valence-electron chi connectivity index (χ3n) is 2.99. The van der Waals surface area contributed by atoms with E-state index >= 15 is 0 Å². The van der Waals surface area contributed by atoms with E-state index in [0.717, 1.165) is 15.6 Å². The SMILES string of the molecule is Cc1cc(CNC(=O)Cc2ccc(Br)cc2)ccc1F. The fourth-order valence-electron chi connectivity index (χ4n) is 1.87. The summed E-state index contributed by atoms with van der Waals surface area (Å²) in [6.07, 6.45) is 0.341. The molecule has 0 unspecified atom stereocenters. The summed E-state index contributed by atoms with van der Waals surface area (Å²) in [5, 5.41) is 2.84. The Hall–Kier alpha value is -1.68. The van der Waals surface area contributed by atoms with Crippen LogP contribution in [0.5, 0.6) is 0 Å². The van der Waals surface area contributed by atoms with Gasteiger partial charge in [-0.05, 0) is 41.8 Å². The molecule has 0 radical (unpaired) electrons. The molecule has 2 rings (SSSR count). The van der Waals surface area contributed by atoms with Crippen molar-refractivity contribution in [2.24, 2.45) is 0 Å². The Morgan fingerprint density at radius 1 is 1.15 bits per heavy atom. The average molecular weight is 336 g/mol. The van der Waals surface area contributed by atoms with E-state index in [2.05, 4.69) is 21.2 Å². The lowest BCUT2D eigenvalue weighted by atomic mass is 10.1. The van der Waals surface area contributed by atoms with Crippen LogP contribution in [-0.2, 0) is 17.8 Å². The molecule has 2 nitrogen and oxygen atoms in total. The minimum atomic E-state index is -0.227. The monoisotopic (exact) mass is 335 g/mol. The normalized spacial score (nSPS) is 10.3. The molecule has 0 aromatic heterocycles. The second-order valence-electron chi connectivity index (χ2n) is 4.66. The van der Waals surface area contributed by atoms with Gasteiger partial charge in [0.05, 0.1) is 6.42 Å². The molecule has 2 aromatic carbocycles. The van der Waals surface area contributed by atoms with Gasteiger partial charge in [0, 0.05) is 11.0 Å². The van der Waals surface area contributed by atoms with E-state index in [1.807, 2.05) is 24.3 Å². The van der Waals surface area contributed by atoms with Gasteiger partial charge in [0.15, 0.2) is 0 Å². The maximum atomic E-state index is 13.1. The lowest BCUT2D eigenvalue weighted by Gasteiger charge is -2.07. The van der Waals surface area contributed by atoms with E-state index in [0.29, 0.717) is 18.5 Å². The maximum Gasteiger partial charge on any atom is 0.224 e. The van der Waals surface area contributed by atoms with Crippen molar-refractivity contribution in [3.63, 3.8) is 0 Å². The molecular weight excluding hydrogens is 321 g/mol. The van der Waals surface area contributed by atoms with Gasteiger partial charge in [-0.25, -0.2) is 4.39 Å². The average Bonchev–Trinajstić information content (AvgIpc) is 2.43. The third kappa shape index (κ3) is 4.17. The first-order valence-electron chi connectivity index (χ1n) is 6.31. The van der Waals surface area contributed by atoms with Crippen molar-refractivity contribution < 1.29 is 9.18 Å². The Kier molecular flexibility index (Phi) is 4.90. The fourth-order valence-corrected chi connectivity index (χ4v) is 2.13. The van der Waals surface area contributed by atoms with E-state index in [4.69, 9.17) is 0 Å². The quantitative estimate of drug-likeness (QED) is 0.905. The van der Waals surface area contributed by atoms with Gasteiger partial charge >= 0.3 is 0 Å². The molecule has 20 heavy (non-hydrogen) atoms. The van der Waals surface area contributed by atoms with E-state index in [1.165, 1.54) is 6.07 Å². The van der Waals surface area contributed by atoms with Crippen LogP contribution >= 0.6 is 15.9 Å². The number of halogens is 2. The third-order valence-corrected chi connectivity index (χ3v) is 3.52. The number of hydrogen-bond donors (Lipinski definition) is 1. The number of aryl methyl sites for hydroxylation is 1. The summed E-state index contributed by atoms with van der Waals surface area (Å²) in [6, 6.07) is 12.5. The van der Waals surface area contributed by atoms with Crippen molar-refractivity contribution in [3.8, 4) is 0 Å². The minimum Gasteiger partial charge on any atom is -0.352 e. The largest absolute Gasteiger partial charge is 0.352 e. The van der Waals surface area contributed by atoms with Crippen LogP contribution in [0.1, 0.15) is 16.7 Å². The van der Waals surface area contributed by atoms with Crippen molar-refractivity contribution >= 4 is 21.8 Å². The summed E-state index contributed by atoms with van der Waals surface area (Å²) in [5.41, 5.74) is 2.44. The van der Waals surface area contributed by atoms with Crippen LogP contribution in [0.2, 0.25) is 0 Å². The second kappa shape index (κ2) is 6.66. The van der Waals surface area contributed by atoms with E-state index in [1.54, 1.807) is 19.1 Å². The molecular formula is C16H15BrFNO. The Bertz CT molecular complexity index is 610. The van der Waals surface area contributed by atoms with Gasteiger partial charge in [-0.15, -0.1) is 0 Å². The number of nitrogens with one attached hydrogen (secondary N) is 1. The molecule has 2 aromatic rings. The first-order valence-corrected chi connectivity index (χ1v) is 7.10.